The molecule has 9 nitrogen and oxygen atoms in total. The van der Waals surface area contributed by atoms with Gasteiger partial charge in [0, 0.05) is 22.6 Å². The predicted molar refractivity (Wildman–Crippen MR) is 210 cm³/mol. The van der Waals surface area contributed by atoms with Crippen molar-refractivity contribution in [1.29, 1.82) is 0 Å². The van der Waals surface area contributed by atoms with E-state index in [1.807, 2.05) is 79.7 Å². The fourth-order valence-electron chi connectivity index (χ4n) is 9.78. The number of rotatable bonds is 7. The van der Waals surface area contributed by atoms with Crippen molar-refractivity contribution in [1.82, 2.24) is 5.01 Å². The van der Waals surface area contributed by atoms with Crippen LogP contribution in [0.4, 0.5) is 11.4 Å². The van der Waals surface area contributed by atoms with Crippen LogP contribution in [0.1, 0.15) is 56.9 Å². The molecule has 3 fully saturated rings. The van der Waals surface area contributed by atoms with Crippen LogP contribution in [0.25, 0.3) is 0 Å². The molecule has 5 aromatic rings. The molecule has 0 radical (unpaired) electrons. The van der Waals surface area contributed by atoms with Crippen LogP contribution in [0, 0.1) is 37.5 Å². The van der Waals surface area contributed by atoms with Crippen LogP contribution in [0.15, 0.2) is 139 Å². The first-order chi connectivity index (χ1) is 27.1. The Morgan fingerprint density at radius 2 is 1.38 bits per heavy atom. The molecule has 56 heavy (non-hydrogen) atoms. The van der Waals surface area contributed by atoms with Gasteiger partial charge in [-0.15, -0.1) is 0 Å². The average molecular weight is 742 g/mol. The Labute approximate surface area is 324 Å². The SMILES string of the molecule is Cc1ccc(NN2C(=O)C3CC4C(=CCC5C(=O)N(c6ccc(C(=O)c7ccccc7)cc6)C(=O)C54)C(c4cccc(C)c4O)C3(c3ccccc3)C2=O)cc1. The van der Waals surface area contributed by atoms with Crippen molar-refractivity contribution in [2.45, 2.75) is 38.0 Å². The van der Waals surface area contributed by atoms with Crippen LogP contribution in [0.3, 0.4) is 0 Å². The molecule has 6 unspecified atom stereocenters. The van der Waals surface area contributed by atoms with Gasteiger partial charge in [0.05, 0.1) is 34.5 Å². The summed E-state index contributed by atoms with van der Waals surface area (Å²) in [6, 6.07) is 37.5. The molecule has 9 rings (SSSR count). The molecule has 6 atom stereocenters. The number of phenolic OH excluding ortho intramolecular Hbond substituents is 1. The summed E-state index contributed by atoms with van der Waals surface area (Å²) in [5.41, 5.74) is 7.02. The second-order valence-electron chi connectivity index (χ2n) is 15.4. The van der Waals surface area contributed by atoms with Gasteiger partial charge in [-0.25, -0.2) is 0 Å². The standard InChI is InChI=1S/C47H39N3O6/c1-27-16-20-32(21-17-27)48-50-44(54)38-26-37-34(40(36-15-9-10-28(2)41(36)51)47(38,46(50)56)31-13-7-4-8-14-31)24-25-35-39(37)45(55)49(43(35)53)33-22-18-30(19-23-33)42(52)29-11-5-3-6-12-29/h3-24,35,37-40,48,51H,25-26H2,1-2H3. The summed E-state index contributed by atoms with van der Waals surface area (Å²) in [7, 11) is 0. The molecule has 1 saturated carbocycles. The highest BCUT2D eigenvalue weighted by Crippen LogP contribution is 2.65. The number of imide groups is 2. The van der Waals surface area contributed by atoms with Crippen molar-refractivity contribution in [2.75, 3.05) is 10.3 Å². The van der Waals surface area contributed by atoms with E-state index in [1.165, 1.54) is 4.90 Å². The number of benzene rings is 5. The zero-order valence-electron chi connectivity index (χ0n) is 30.9. The minimum Gasteiger partial charge on any atom is -0.507 e. The second-order valence-corrected chi connectivity index (χ2v) is 15.4. The van der Waals surface area contributed by atoms with Crippen LogP contribution in [0.5, 0.6) is 5.75 Å². The summed E-state index contributed by atoms with van der Waals surface area (Å²) in [5.74, 6) is -5.64. The maximum Gasteiger partial charge on any atom is 0.260 e. The first-order valence-corrected chi connectivity index (χ1v) is 18.9. The molecule has 5 aromatic carbocycles. The maximum atomic E-state index is 15.3. The number of para-hydroxylation sites is 1. The number of carbonyl (C=O) groups excluding carboxylic acids is 5. The first-order valence-electron chi connectivity index (χ1n) is 18.9. The average Bonchev–Trinajstić information content (AvgIpc) is 3.61. The summed E-state index contributed by atoms with van der Waals surface area (Å²) in [6.07, 6.45) is 2.36. The van der Waals surface area contributed by atoms with Crippen LogP contribution < -0.4 is 10.3 Å². The summed E-state index contributed by atoms with van der Waals surface area (Å²) in [4.78, 5) is 73.5. The quantitative estimate of drug-likeness (QED) is 0.101. The van der Waals surface area contributed by atoms with Crippen LogP contribution in [-0.4, -0.2) is 39.5 Å². The third kappa shape index (κ3) is 5.17. The number of nitrogens with one attached hydrogen (secondary N) is 1. The van der Waals surface area contributed by atoms with Gasteiger partial charge in [0.1, 0.15) is 5.75 Å². The van der Waals surface area contributed by atoms with E-state index >= 15 is 4.79 Å². The third-order valence-electron chi connectivity index (χ3n) is 12.4. The van der Waals surface area contributed by atoms with Crippen molar-refractivity contribution >= 4 is 40.8 Å². The van der Waals surface area contributed by atoms with Crippen LogP contribution >= 0.6 is 0 Å². The number of fused-ring (bicyclic) bond motifs is 4. The first kappa shape index (κ1) is 35.1. The van der Waals surface area contributed by atoms with Crippen molar-refractivity contribution in [3.8, 4) is 5.75 Å². The molecule has 2 heterocycles. The molecule has 2 aliphatic heterocycles. The topological polar surface area (TPSA) is 124 Å². The molecule has 4 aliphatic rings. The van der Waals surface area contributed by atoms with E-state index in [9.17, 15) is 24.3 Å². The Kier molecular flexibility index (Phi) is 8.34. The number of aryl methyl sites for hydroxylation is 2. The highest BCUT2D eigenvalue weighted by Gasteiger charge is 2.70. The lowest BCUT2D eigenvalue weighted by atomic mass is 9.49. The van der Waals surface area contributed by atoms with Crippen LogP contribution in [0.2, 0.25) is 0 Å². The summed E-state index contributed by atoms with van der Waals surface area (Å²) in [6.45, 7) is 3.74. The summed E-state index contributed by atoms with van der Waals surface area (Å²) in [5, 5.41) is 12.9. The zero-order chi connectivity index (χ0) is 38.9. The minimum absolute atomic E-state index is 0.0148. The Morgan fingerprint density at radius 1 is 0.714 bits per heavy atom. The number of anilines is 2. The Morgan fingerprint density at radius 3 is 2.07 bits per heavy atom. The highest BCUT2D eigenvalue weighted by molar-refractivity contribution is 6.23. The van der Waals surface area contributed by atoms with E-state index in [2.05, 4.69) is 5.43 Å². The van der Waals surface area contributed by atoms with Gasteiger partial charge >= 0.3 is 0 Å². The normalized spacial score (nSPS) is 25.4. The number of ketones is 1. The van der Waals surface area contributed by atoms with E-state index in [-0.39, 0.29) is 36.2 Å². The summed E-state index contributed by atoms with van der Waals surface area (Å²) < 4.78 is 0. The lowest BCUT2D eigenvalue weighted by Crippen LogP contribution is -2.53. The number of hydrazine groups is 1. The number of phenols is 1. The number of allylic oxidation sites excluding steroid dienone is 2. The van der Waals surface area contributed by atoms with Gasteiger partial charge in [0.2, 0.25) is 11.8 Å². The monoisotopic (exact) mass is 741 g/mol. The zero-order valence-corrected chi connectivity index (χ0v) is 30.9. The van der Waals surface area contributed by atoms with Crippen LogP contribution in [-0.2, 0) is 24.6 Å². The number of nitrogens with zero attached hydrogens (tertiary/aromatic N) is 2. The van der Waals surface area contributed by atoms with Gasteiger partial charge in [0.25, 0.3) is 11.8 Å². The molecule has 0 bridgehead atoms. The molecule has 2 aliphatic carbocycles. The molecule has 0 aromatic heterocycles. The molecule has 0 spiro atoms. The highest BCUT2D eigenvalue weighted by atomic mass is 16.3. The van der Waals surface area contributed by atoms with E-state index in [4.69, 9.17) is 0 Å². The van der Waals surface area contributed by atoms with Crippen molar-refractivity contribution < 1.29 is 29.1 Å². The number of hydrogen-bond donors (Lipinski definition) is 2. The smallest absolute Gasteiger partial charge is 0.260 e. The molecule has 278 valence electrons. The van der Waals surface area contributed by atoms with E-state index in [1.54, 1.807) is 67.6 Å². The van der Waals surface area contributed by atoms with Crippen molar-refractivity contribution in [3.63, 3.8) is 0 Å². The van der Waals surface area contributed by atoms with Gasteiger partial charge in [-0.1, -0.05) is 108 Å². The minimum atomic E-state index is -1.48. The Hall–Kier alpha value is -6.61. The van der Waals surface area contributed by atoms with Crippen molar-refractivity contribution in [3.05, 3.63) is 172 Å². The van der Waals surface area contributed by atoms with E-state index < -0.39 is 46.8 Å². The third-order valence-corrected chi connectivity index (χ3v) is 12.4. The Balaban J connectivity index is 1.15. The molecule has 2 N–H and O–H groups in total. The molecular formula is C47H39N3O6. The van der Waals surface area contributed by atoms with Gasteiger partial charge in [-0.2, -0.15) is 5.01 Å². The summed E-state index contributed by atoms with van der Waals surface area (Å²) >= 11 is 0. The van der Waals surface area contributed by atoms with Crippen molar-refractivity contribution in [2.24, 2.45) is 23.7 Å². The Bertz CT molecular complexity index is 2460. The molecule has 9 heteroatoms. The maximum absolute atomic E-state index is 15.3. The van der Waals surface area contributed by atoms with Gasteiger partial charge < -0.3 is 5.11 Å². The largest absolute Gasteiger partial charge is 0.507 e. The predicted octanol–water partition coefficient (Wildman–Crippen LogP) is 7.43. The number of carbonyl (C=O) groups is 5. The van der Waals surface area contributed by atoms with Gasteiger partial charge in [0.15, 0.2) is 5.78 Å². The second kappa shape index (κ2) is 13.3. The number of amides is 4. The van der Waals surface area contributed by atoms with Gasteiger partial charge in [-0.3, -0.25) is 34.3 Å². The molecule has 4 amide bonds. The van der Waals surface area contributed by atoms with E-state index in [0.717, 1.165) is 16.1 Å². The fraction of sp³-hybridized carbons (Fsp3) is 0.213. The molecular weight excluding hydrogens is 703 g/mol. The van der Waals surface area contributed by atoms with Gasteiger partial charge in [-0.05, 0) is 80.1 Å². The number of hydrogen-bond acceptors (Lipinski definition) is 7. The lowest BCUT2D eigenvalue weighted by Gasteiger charge is -2.50. The number of aromatic hydroxyl groups is 1. The van der Waals surface area contributed by atoms with E-state index in [0.29, 0.717) is 39.2 Å². The molecule has 2 saturated heterocycles. The lowest BCUT2D eigenvalue weighted by molar-refractivity contribution is -0.138. The fourth-order valence-corrected chi connectivity index (χ4v) is 9.78.